The number of imidazole rings is 1. The van der Waals surface area contributed by atoms with Crippen LogP contribution in [0.1, 0.15) is 20.8 Å². The molecule has 0 bridgehead atoms. The molecule has 1 amide bonds. The van der Waals surface area contributed by atoms with Crippen LogP contribution in [-0.4, -0.2) is 31.9 Å². The Hall–Kier alpha value is -2.70. The van der Waals surface area contributed by atoms with Gasteiger partial charge in [-0.25, -0.2) is 14.8 Å². The fourth-order valence-corrected chi connectivity index (χ4v) is 1.23. The fraction of sp³-hybridized carbons (Fsp3) is 0. The normalized spacial score (nSPS) is 9.88. The first kappa shape index (κ1) is 10.8. The van der Waals surface area contributed by atoms with Crippen LogP contribution in [-0.2, 0) is 0 Å². The number of nitrogens with zero attached hydrogens (tertiary/aromatic N) is 2. The van der Waals surface area contributed by atoms with E-state index in [-0.39, 0.29) is 17.1 Å². The Morgan fingerprint density at radius 3 is 2.88 bits per heavy atom. The lowest BCUT2D eigenvalue weighted by molar-refractivity contribution is 0.0697. The van der Waals surface area contributed by atoms with Gasteiger partial charge >= 0.3 is 5.97 Å². The van der Waals surface area contributed by atoms with E-state index < -0.39 is 11.9 Å². The van der Waals surface area contributed by atoms with E-state index in [1.807, 2.05) is 0 Å². The molecule has 0 aliphatic carbocycles. The molecule has 2 aromatic rings. The van der Waals surface area contributed by atoms with Gasteiger partial charge in [-0.05, 0) is 12.1 Å². The number of aromatic amines is 1. The molecule has 0 saturated carbocycles. The molecule has 0 aromatic carbocycles. The van der Waals surface area contributed by atoms with Crippen LogP contribution >= 0.6 is 0 Å². The number of aromatic carboxylic acids is 1. The summed E-state index contributed by atoms with van der Waals surface area (Å²) in [5.41, 5.74) is 0.160. The van der Waals surface area contributed by atoms with Crippen LogP contribution in [0.25, 0.3) is 0 Å². The SMILES string of the molecule is O=C(Nc1ncccc1C(=O)O)c1cnc[nH]1. The third-order valence-electron chi connectivity index (χ3n) is 2.01. The van der Waals surface area contributed by atoms with Crippen molar-refractivity contribution in [2.75, 3.05) is 5.32 Å². The van der Waals surface area contributed by atoms with Gasteiger partial charge in [0.2, 0.25) is 0 Å². The lowest BCUT2D eigenvalue weighted by atomic mass is 10.2. The summed E-state index contributed by atoms with van der Waals surface area (Å²) in [5.74, 6) is -1.65. The van der Waals surface area contributed by atoms with Crippen LogP contribution in [0.3, 0.4) is 0 Å². The van der Waals surface area contributed by atoms with Crippen molar-refractivity contribution in [3.63, 3.8) is 0 Å². The summed E-state index contributed by atoms with van der Waals surface area (Å²) in [6.07, 6.45) is 4.08. The zero-order chi connectivity index (χ0) is 12.3. The zero-order valence-corrected chi connectivity index (χ0v) is 8.54. The van der Waals surface area contributed by atoms with E-state index in [1.54, 1.807) is 0 Å². The number of carbonyl (C=O) groups is 2. The van der Waals surface area contributed by atoms with Crippen molar-refractivity contribution < 1.29 is 14.7 Å². The molecule has 0 aliphatic heterocycles. The van der Waals surface area contributed by atoms with E-state index in [4.69, 9.17) is 5.11 Å². The van der Waals surface area contributed by atoms with Gasteiger partial charge in [0.25, 0.3) is 5.91 Å². The smallest absolute Gasteiger partial charge is 0.339 e. The molecule has 3 N–H and O–H groups in total. The van der Waals surface area contributed by atoms with E-state index in [0.717, 1.165) is 0 Å². The van der Waals surface area contributed by atoms with Gasteiger partial charge < -0.3 is 15.4 Å². The first-order chi connectivity index (χ1) is 8.18. The molecule has 2 rings (SSSR count). The predicted octanol–water partition coefficient (Wildman–Crippen LogP) is 0.755. The first-order valence-electron chi connectivity index (χ1n) is 4.66. The predicted molar refractivity (Wildman–Crippen MR) is 57.7 cm³/mol. The average Bonchev–Trinajstić information content (AvgIpc) is 2.83. The highest BCUT2D eigenvalue weighted by molar-refractivity contribution is 6.05. The third-order valence-corrected chi connectivity index (χ3v) is 2.01. The molecule has 17 heavy (non-hydrogen) atoms. The number of nitrogens with one attached hydrogen (secondary N) is 2. The summed E-state index contributed by atoms with van der Waals surface area (Å²) in [5, 5.41) is 11.3. The Kier molecular flexibility index (Phi) is 2.82. The van der Waals surface area contributed by atoms with Gasteiger partial charge in [0.05, 0.1) is 12.5 Å². The summed E-state index contributed by atoms with van der Waals surface area (Å²) in [4.78, 5) is 32.6. The minimum atomic E-state index is -1.15. The maximum Gasteiger partial charge on any atom is 0.339 e. The van der Waals surface area contributed by atoms with Gasteiger partial charge in [0.15, 0.2) is 0 Å². The van der Waals surface area contributed by atoms with Crippen molar-refractivity contribution in [1.29, 1.82) is 0 Å². The third kappa shape index (κ3) is 2.28. The molecule has 7 heteroatoms. The summed E-state index contributed by atoms with van der Waals surface area (Å²) in [6.45, 7) is 0. The van der Waals surface area contributed by atoms with Crippen LogP contribution in [0.15, 0.2) is 30.9 Å². The Balaban J connectivity index is 2.25. The maximum atomic E-state index is 11.6. The second-order valence-corrected chi connectivity index (χ2v) is 3.12. The Labute approximate surface area is 95.5 Å². The first-order valence-corrected chi connectivity index (χ1v) is 4.66. The molecule has 0 unspecified atom stereocenters. The van der Waals surface area contributed by atoms with Gasteiger partial charge in [-0.2, -0.15) is 0 Å². The van der Waals surface area contributed by atoms with Crippen LogP contribution in [0.2, 0.25) is 0 Å². The van der Waals surface area contributed by atoms with Gasteiger partial charge in [-0.3, -0.25) is 4.79 Å². The zero-order valence-electron chi connectivity index (χ0n) is 8.54. The molecular weight excluding hydrogens is 224 g/mol. The van der Waals surface area contributed by atoms with Gasteiger partial charge in [0, 0.05) is 6.20 Å². The molecule has 0 spiro atoms. The van der Waals surface area contributed by atoms with E-state index in [9.17, 15) is 9.59 Å². The van der Waals surface area contributed by atoms with Crippen LogP contribution in [0, 0.1) is 0 Å². The fourth-order valence-electron chi connectivity index (χ4n) is 1.23. The lowest BCUT2D eigenvalue weighted by Gasteiger charge is -2.05. The van der Waals surface area contributed by atoms with E-state index >= 15 is 0 Å². The van der Waals surface area contributed by atoms with Gasteiger partial charge in [0.1, 0.15) is 17.1 Å². The minimum Gasteiger partial charge on any atom is -0.478 e. The van der Waals surface area contributed by atoms with Crippen LogP contribution in [0.4, 0.5) is 5.82 Å². The molecular formula is C10H8N4O3. The number of H-pyrrole nitrogens is 1. The topological polar surface area (TPSA) is 108 Å². The van der Waals surface area contributed by atoms with E-state index in [0.29, 0.717) is 0 Å². The average molecular weight is 232 g/mol. The molecule has 0 aliphatic rings. The molecule has 2 aromatic heterocycles. The second kappa shape index (κ2) is 4.44. The molecule has 0 atom stereocenters. The Bertz CT molecular complexity index is 550. The summed E-state index contributed by atoms with van der Waals surface area (Å²) >= 11 is 0. The van der Waals surface area contributed by atoms with Crippen molar-refractivity contribution in [2.24, 2.45) is 0 Å². The molecule has 7 nitrogen and oxygen atoms in total. The van der Waals surface area contributed by atoms with Crippen molar-refractivity contribution >= 4 is 17.7 Å². The number of carbonyl (C=O) groups excluding carboxylic acids is 1. The van der Waals surface area contributed by atoms with E-state index in [2.05, 4.69) is 20.3 Å². The summed E-state index contributed by atoms with van der Waals surface area (Å²) in [6, 6.07) is 2.84. The number of carboxylic acids is 1. The van der Waals surface area contributed by atoms with E-state index in [1.165, 1.54) is 30.9 Å². The van der Waals surface area contributed by atoms with Crippen molar-refractivity contribution in [2.45, 2.75) is 0 Å². The van der Waals surface area contributed by atoms with Gasteiger partial charge in [-0.15, -0.1) is 0 Å². The van der Waals surface area contributed by atoms with Crippen molar-refractivity contribution in [3.8, 4) is 0 Å². The highest BCUT2D eigenvalue weighted by Crippen LogP contribution is 2.12. The number of hydrogen-bond donors (Lipinski definition) is 3. The quantitative estimate of drug-likeness (QED) is 0.723. The number of carboxylic acid groups (broad SMARTS) is 1. The number of anilines is 1. The Morgan fingerprint density at radius 2 is 2.24 bits per heavy atom. The maximum absolute atomic E-state index is 11.6. The minimum absolute atomic E-state index is 0.000370. The highest BCUT2D eigenvalue weighted by Gasteiger charge is 2.14. The van der Waals surface area contributed by atoms with Crippen LogP contribution in [0.5, 0.6) is 0 Å². The Morgan fingerprint density at radius 1 is 1.41 bits per heavy atom. The summed E-state index contributed by atoms with van der Waals surface area (Å²) in [7, 11) is 0. The molecule has 86 valence electrons. The largest absolute Gasteiger partial charge is 0.478 e. The number of rotatable bonds is 3. The van der Waals surface area contributed by atoms with Crippen LogP contribution < -0.4 is 5.32 Å². The molecule has 0 saturated heterocycles. The molecule has 2 heterocycles. The molecule has 0 fully saturated rings. The molecule has 0 radical (unpaired) electrons. The number of hydrogen-bond acceptors (Lipinski definition) is 4. The summed E-state index contributed by atoms with van der Waals surface area (Å²) < 4.78 is 0. The highest BCUT2D eigenvalue weighted by atomic mass is 16.4. The number of pyridine rings is 1. The number of aromatic nitrogens is 3. The second-order valence-electron chi connectivity index (χ2n) is 3.12. The number of amides is 1. The van der Waals surface area contributed by atoms with Crippen molar-refractivity contribution in [3.05, 3.63) is 42.1 Å². The van der Waals surface area contributed by atoms with Gasteiger partial charge in [-0.1, -0.05) is 0 Å². The van der Waals surface area contributed by atoms with Crippen molar-refractivity contribution in [1.82, 2.24) is 15.0 Å². The standard InChI is InChI=1S/C10H8N4O3/c15-9(7-4-11-5-13-7)14-8-6(10(16)17)2-1-3-12-8/h1-5H,(H,11,13)(H,16,17)(H,12,14,15). The monoisotopic (exact) mass is 232 g/mol. The lowest BCUT2D eigenvalue weighted by Crippen LogP contribution is -2.16.